The first-order valence-corrected chi connectivity index (χ1v) is 22.2. The maximum Gasteiger partial charge on any atom is 0.315 e. The van der Waals surface area contributed by atoms with Crippen LogP contribution >= 0.6 is 23.1 Å². The van der Waals surface area contributed by atoms with Gasteiger partial charge in [0, 0.05) is 55.1 Å². The van der Waals surface area contributed by atoms with Crippen molar-refractivity contribution in [2.24, 2.45) is 0 Å². The van der Waals surface area contributed by atoms with Crippen LogP contribution in [0, 0.1) is 17.7 Å². The van der Waals surface area contributed by atoms with Gasteiger partial charge in [-0.2, -0.15) is 11.8 Å². The Hall–Kier alpha value is -4.92. The van der Waals surface area contributed by atoms with Crippen LogP contribution in [0.3, 0.4) is 0 Å². The highest BCUT2D eigenvalue weighted by Crippen LogP contribution is 2.34. The highest BCUT2D eigenvalue weighted by atomic mass is 32.2. The van der Waals surface area contributed by atoms with Gasteiger partial charge in [-0.15, -0.1) is 0 Å². The molecule has 60 heavy (non-hydrogen) atoms. The molecule has 0 unspecified atom stereocenters. The molecule has 0 spiro atoms. The van der Waals surface area contributed by atoms with E-state index < -0.39 is 5.91 Å². The maximum atomic E-state index is 14.5. The summed E-state index contributed by atoms with van der Waals surface area (Å²) in [5, 5.41) is 12.7. The van der Waals surface area contributed by atoms with Gasteiger partial charge in [0.2, 0.25) is 5.91 Å². The number of carbonyl (C=O) groups excluding carboxylic acids is 3. The monoisotopic (exact) mass is 860 g/mol. The van der Waals surface area contributed by atoms with Crippen LogP contribution in [0.15, 0.2) is 66.7 Å². The second-order valence-electron chi connectivity index (χ2n) is 14.4. The molecule has 3 aromatic carbocycles. The molecule has 0 saturated carbocycles. The summed E-state index contributed by atoms with van der Waals surface area (Å²) in [6.45, 7) is 4.36. The van der Waals surface area contributed by atoms with Gasteiger partial charge in [-0.1, -0.05) is 54.0 Å². The van der Waals surface area contributed by atoms with Crippen LogP contribution in [0.25, 0.3) is 10.2 Å². The third kappa shape index (κ3) is 14.1. The number of thioether (sulfide) groups is 1. The van der Waals surface area contributed by atoms with Gasteiger partial charge in [0.25, 0.3) is 5.91 Å². The Morgan fingerprint density at radius 3 is 2.35 bits per heavy atom. The molecule has 6 rings (SSSR count). The summed E-state index contributed by atoms with van der Waals surface area (Å²) in [7, 11) is 1.65. The third-order valence-electron chi connectivity index (χ3n) is 10.0. The van der Waals surface area contributed by atoms with E-state index in [9.17, 15) is 18.8 Å². The number of hydrogen-bond acceptors (Lipinski definition) is 11. The molecular formula is C44H53FN6O7S2. The minimum absolute atomic E-state index is 0.0214. The average Bonchev–Trinajstić information content (AvgIpc) is 3.97. The van der Waals surface area contributed by atoms with Gasteiger partial charge in [0.05, 0.1) is 69.1 Å². The van der Waals surface area contributed by atoms with Gasteiger partial charge in [-0.25, -0.2) is 14.2 Å². The van der Waals surface area contributed by atoms with Gasteiger partial charge >= 0.3 is 6.03 Å². The summed E-state index contributed by atoms with van der Waals surface area (Å²) in [6.07, 6.45) is 4.03. The molecule has 4 aromatic rings. The van der Waals surface area contributed by atoms with Crippen molar-refractivity contribution in [3.8, 4) is 17.6 Å². The Balaban J connectivity index is 0.786. The van der Waals surface area contributed by atoms with Crippen molar-refractivity contribution in [2.75, 3.05) is 77.0 Å². The smallest absolute Gasteiger partial charge is 0.315 e. The molecule has 0 radical (unpaired) electrons. The quantitative estimate of drug-likeness (QED) is 0.0428. The molecule has 3 atom stereocenters. The molecule has 13 nitrogen and oxygen atoms in total. The zero-order valence-electron chi connectivity index (χ0n) is 33.8. The Kier molecular flexibility index (Phi) is 17.7. The Bertz CT molecular complexity index is 2060. The second-order valence-corrected chi connectivity index (χ2v) is 16.6. The van der Waals surface area contributed by atoms with Crippen molar-refractivity contribution in [1.29, 1.82) is 0 Å². The summed E-state index contributed by atoms with van der Waals surface area (Å²) >= 11 is 3.24. The molecule has 3 heterocycles. The van der Waals surface area contributed by atoms with Crippen molar-refractivity contribution < 1.29 is 37.7 Å². The lowest BCUT2D eigenvalue weighted by Crippen LogP contribution is -2.36. The van der Waals surface area contributed by atoms with Crippen LogP contribution in [0.5, 0.6) is 5.75 Å². The summed E-state index contributed by atoms with van der Waals surface area (Å²) in [5.41, 5.74) is 3.54. The summed E-state index contributed by atoms with van der Waals surface area (Å²) < 4.78 is 37.0. The standard InChI is InChI=1S/C44H53FN6O7S2/c1-55-34-16-13-32(14-17-34)19-22-51(44-49-36-6-4-5-35(45)42(36)60-44)29-33-11-9-31(10-12-33)15-18-40(53)47-21-24-57-26-28-58-27-25-56-23-20-46-39(52)8-3-2-7-38-41-37(30-59-38)48-43(54)50-41/h4-6,9-14,16-17,37-38,41H,2-3,7-8,19-30H2,1H3,(H,46,52)(H,47,53)(H2,48,50,54)/t37-,38-,41-/m0/s1. The Morgan fingerprint density at radius 2 is 1.62 bits per heavy atom. The predicted molar refractivity (Wildman–Crippen MR) is 233 cm³/mol. The first-order valence-electron chi connectivity index (χ1n) is 20.3. The summed E-state index contributed by atoms with van der Waals surface area (Å²) in [6, 6.07) is 21.0. The van der Waals surface area contributed by atoms with Crippen LogP contribution in [0.1, 0.15) is 42.4 Å². The minimum Gasteiger partial charge on any atom is -0.497 e. The predicted octanol–water partition coefficient (Wildman–Crippen LogP) is 5.05. The minimum atomic E-state index is -0.393. The van der Waals surface area contributed by atoms with Crippen LogP contribution in [0.4, 0.5) is 14.3 Å². The Labute approximate surface area is 358 Å². The summed E-state index contributed by atoms with van der Waals surface area (Å²) in [4.78, 5) is 42.8. The number of nitrogens with zero attached hydrogens (tertiary/aromatic N) is 2. The number of nitrogens with one attached hydrogen (secondary N) is 4. The highest BCUT2D eigenvalue weighted by Gasteiger charge is 2.42. The number of thiazole rings is 1. The molecule has 320 valence electrons. The van der Waals surface area contributed by atoms with Crippen LogP contribution in [-0.4, -0.2) is 112 Å². The maximum absolute atomic E-state index is 14.5. The van der Waals surface area contributed by atoms with E-state index in [1.165, 1.54) is 17.4 Å². The summed E-state index contributed by atoms with van der Waals surface area (Å²) in [5.74, 6) is 6.65. The van der Waals surface area contributed by atoms with E-state index in [-0.39, 0.29) is 29.8 Å². The lowest BCUT2D eigenvalue weighted by Gasteiger charge is -2.22. The number of rotatable bonds is 24. The fourth-order valence-electron chi connectivity index (χ4n) is 6.83. The van der Waals surface area contributed by atoms with Gasteiger partial charge in [-0.3, -0.25) is 9.59 Å². The van der Waals surface area contributed by atoms with Gasteiger partial charge in [0.1, 0.15) is 11.6 Å². The van der Waals surface area contributed by atoms with Crippen LogP contribution in [-0.2, 0) is 36.8 Å². The number of hydrogen-bond donors (Lipinski definition) is 4. The van der Waals surface area contributed by atoms with E-state index in [1.807, 2.05) is 66.4 Å². The topological polar surface area (TPSA) is 152 Å². The number of ether oxygens (including phenoxy) is 4. The van der Waals surface area contributed by atoms with Crippen LogP contribution < -0.4 is 30.9 Å². The molecule has 16 heteroatoms. The molecule has 1 aromatic heterocycles. The largest absolute Gasteiger partial charge is 0.497 e. The SMILES string of the molecule is COc1ccc(CCN(Cc2ccc(C#CC(=O)NCCOCCOCCOCCNC(=O)CCCC[C@@H]3SC[C@@H]4NC(=O)N[C@@H]43)cc2)c2nc3cccc(F)c3s2)cc1. The third-order valence-corrected chi connectivity index (χ3v) is 12.7. The number of benzene rings is 3. The molecule has 4 amide bonds. The van der Waals surface area contributed by atoms with Crippen molar-refractivity contribution in [2.45, 2.75) is 56.0 Å². The molecule has 0 aliphatic carbocycles. The zero-order chi connectivity index (χ0) is 41.9. The number of unbranched alkanes of at least 4 members (excludes halogenated alkanes) is 1. The number of aromatic nitrogens is 1. The van der Waals surface area contributed by atoms with Crippen molar-refractivity contribution in [3.63, 3.8) is 0 Å². The zero-order valence-corrected chi connectivity index (χ0v) is 35.5. The molecule has 2 saturated heterocycles. The number of urea groups is 1. The molecule has 2 aliphatic heterocycles. The van der Waals surface area contributed by atoms with Crippen LogP contribution in [0.2, 0.25) is 0 Å². The molecule has 2 fully saturated rings. The van der Waals surface area contributed by atoms with E-state index in [4.69, 9.17) is 23.9 Å². The van der Waals surface area contributed by atoms with Gasteiger partial charge < -0.3 is 45.1 Å². The average molecular weight is 861 g/mol. The van der Waals surface area contributed by atoms with Crippen molar-refractivity contribution in [3.05, 3.63) is 89.2 Å². The van der Waals surface area contributed by atoms with Gasteiger partial charge in [0.15, 0.2) is 5.13 Å². The number of carbonyl (C=O) groups is 3. The molecule has 4 N–H and O–H groups in total. The van der Waals surface area contributed by atoms with Crippen molar-refractivity contribution in [1.82, 2.24) is 26.3 Å². The molecule has 2 aliphatic rings. The van der Waals surface area contributed by atoms with E-state index >= 15 is 0 Å². The van der Waals surface area contributed by atoms with E-state index in [2.05, 4.69) is 38.0 Å². The van der Waals surface area contributed by atoms with Crippen molar-refractivity contribution >= 4 is 56.3 Å². The normalized spacial score (nSPS) is 16.7. The fourth-order valence-corrected chi connectivity index (χ4v) is 9.37. The number of fused-ring (bicyclic) bond motifs is 2. The lowest BCUT2D eigenvalue weighted by molar-refractivity contribution is -0.121. The van der Waals surface area contributed by atoms with E-state index in [0.717, 1.165) is 53.4 Å². The fraction of sp³-hybridized carbons (Fsp3) is 0.455. The lowest BCUT2D eigenvalue weighted by atomic mass is 10.0. The van der Waals surface area contributed by atoms with E-state index in [1.54, 1.807) is 13.2 Å². The highest BCUT2D eigenvalue weighted by molar-refractivity contribution is 8.00. The molecular weight excluding hydrogens is 808 g/mol. The second kappa shape index (κ2) is 23.8. The number of anilines is 1. The Morgan fingerprint density at radius 1 is 0.900 bits per heavy atom. The van der Waals surface area contributed by atoms with E-state index in [0.29, 0.717) is 93.3 Å². The number of amides is 4. The first kappa shape index (κ1) is 44.6. The number of halogens is 1. The molecule has 0 bridgehead atoms. The van der Waals surface area contributed by atoms with Gasteiger partial charge in [-0.05, 0) is 66.8 Å². The number of methoxy groups -OCH3 is 1. The first-order chi connectivity index (χ1) is 29.3.